The van der Waals surface area contributed by atoms with Crippen molar-refractivity contribution in [3.05, 3.63) is 72.7 Å². The third-order valence-corrected chi connectivity index (χ3v) is 6.05. The number of hydrogen-bond acceptors (Lipinski definition) is 9. The van der Waals surface area contributed by atoms with E-state index in [1.54, 1.807) is 31.4 Å². The fraction of sp³-hybridized carbons (Fsp3) is 0.286. The van der Waals surface area contributed by atoms with Crippen LogP contribution in [0, 0.1) is 11.6 Å². The van der Waals surface area contributed by atoms with Gasteiger partial charge in [-0.25, -0.2) is 18.7 Å². The van der Waals surface area contributed by atoms with Gasteiger partial charge in [-0.3, -0.25) is 14.8 Å². The number of methoxy groups -OCH3 is 1. The normalized spacial score (nSPS) is 11.0. The van der Waals surface area contributed by atoms with Crippen LogP contribution in [0.3, 0.4) is 0 Å². The van der Waals surface area contributed by atoms with E-state index in [-0.39, 0.29) is 18.7 Å². The third kappa shape index (κ3) is 7.74. The molecular weight excluding hydrogens is 536 g/mol. The van der Waals surface area contributed by atoms with Crippen molar-refractivity contribution in [2.75, 3.05) is 50.6 Å². The number of hydrogen-bond donors (Lipinski definition) is 4. The molecule has 216 valence electrons. The molecule has 0 unspecified atom stereocenters. The number of nitrogens with zero attached hydrogens (tertiary/aromatic N) is 4. The van der Waals surface area contributed by atoms with Crippen molar-refractivity contribution in [2.45, 2.75) is 12.8 Å². The van der Waals surface area contributed by atoms with Gasteiger partial charge in [-0.15, -0.1) is 6.58 Å². The van der Waals surface area contributed by atoms with E-state index in [1.807, 2.05) is 0 Å². The van der Waals surface area contributed by atoms with Crippen LogP contribution < -0.4 is 20.1 Å². The van der Waals surface area contributed by atoms with E-state index in [2.05, 4.69) is 42.3 Å². The second kappa shape index (κ2) is 14.1. The molecule has 0 radical (unpaired) electrons. The number of fused-ring (bicyclic) bond motifs is 1. The van der Waals surface area contributed by atoms with Crippen molar-refractivity contribution < 1.29 is 28.2 Å². The lowest BCUT2D eigenvalue weighted by Crippen LogP contribution is -2.29. The van der Waals surface area contributed by atoms with Gasteiger partial charge in [-0.1, -0.05) is 12.1 Å². The second-order valence-corrected chi connectivity index (χ2v) is 8.99. The summed E-state index contributed by atoms with van der Waals surface area (Å²) in [6, 6.07) is 8.69. The van der Waals surface area contributed by atoms with Crippen LogP contribution in [-0.2, 0) is 11.2 Å². The SMILES string of the molecule is C=CCN(CCO)CCCOc1cc2ncnc(Nc3cc(CC(=O)Nc4cccc(F)c4F)[nH]n3)c2cc1OC. The lowest BCUT2D eigenvalue weighted by molar-refractivity contribution is -0.115. The Morgan fingerprint density at radius 2 is 2.05 bits per heavy atom. The maximum atomic E-state index is 13.9. The highest BCUT2D eigenvalue weighted by molar-refractivity contribution is 5.93. The molecule has 0 fully saturated rings. The van der Waals surface area contributed by atoms with Gasteiger partial charge in [-0.2, -0.15) is 5.10 Å². The number of carbonyl (C=O) groups is 1. The molecule has 2 heterocycles. The van der Waals surface area contributed by atoms with Crippen molar-refractivity contribution in [3.8, 4) is 11.5 Å². The van der Waals surface area contributed by atoms with Crippen LogP contribution in [0.25, 0.3) is 10.9 Å². The Bertz CT molecular complexity index is 1500. The first-order valence-electron chi connectivity index (χ1n) is 12.9. The predicted octanol–water partition coefficient (Wildman–Crippen LogP) is 3.81. The number of benzene rings is 2. The fourth-order valence-electron chi connectivity index (χ4n) is 4.13. The molecule has 11 nitrogen and oxygen atoms in total. The third-order valence-electron chi connectivity index (χ3n) is 6.05. The summed E-state index contributed by atoms with van der Waals surface area (Å²) in [6.07, 6.45) is 3.79. The standard InChI is InChI=1S/C28H31F2N7O4/c1-3-8-37(10-11-38)9-5-12-41-24-16-22-19(15-23(24)40-2)28(32-17-31-22)34-25-13-18(35-36-25)14-26(39)33-21-7-4-6-20(29)27(21)30/h3-4,6-7,13,15-17,38H,1,5,8-12,14H2,2H3,(H,33,39)(H2,31,32,34,35,36). The van der Waals surface area contributed by atoms with Crippen molar-refractivity contribution >= 4 is 34.1 Å². The first-order valence-corrected chi connectivity index (χ1v) is 12.9. The molecule has 2 aromatic heterocycles. The molecular formula is C28H31F2N7O4. The zero-order valence-corrected chi connectivity index (χ0v) is 22.5. The van der Waals surface area contributed by atoms with Crippen molar-refractivity contribution in [3.63, 3.8) is 0 Å². The van der Waals surface area contributed by atoms with Crippen LogP contribution in [0.4, 0.5) is 26.1 Å². The number of amides is 1. The summed E-state index contributed by atoms with van der Waals surface area (Å²) in [6.45, 7) is 6.26. The summed E-state index contributed by atoms with van der Waals surface area (Å²) in [4.78, 5) is 23.1. The molecule has 0 spiro atoms. The molecule has 13 heteroatoms. The molecule has 0 bridgehead atoms. The van der Waals surface area contributed by atoms with E-state index >= 15 is 0 Å². The molecule has 4 N–H and O–H groups in total. The number of halogens is 2. The Kier molecular flexibility index (Phi) is 10.1. The van der Waals surface area contributed by atoms with Gasteiger partial charge < -0.3 is 25.2 Å². The number of anilines is 3. The largest absolute Gasteiger partial charge is 0.493 e. The molecule has 0 atom stereocenters. The summed E-state index contributed by atoms with van der Waals surface area (Å²) >= 11 is 0. The summed E-state index contributed by atoms with van der Waals surface area (Å²) in [5.74, 6) is -0.850. The maximum absolute atomic E-state index is 13.9. The number of aromatic amines is 1. The van der Waals surface area contributed by atoms with Gasteiger partial charge in [0.15, 0.2) is 29.0 Å². The minimum Gasteiger partial charge on any atom is -0.493 e. The number of carbonyl (C=O) groups excluding carboxylic acids is 1. The quantitative estimate of drug-likeness (QED) is 0.125. The van der Waals surface area contributed by atoms with E-state index in [0.29, 0.717) is 59.4 Å². The highest BCUT2D eigenvalue weighted by atomic mass is 19.2. The average molecular weight is 568 g/mol. The highest BCUT2D eigenvalue weighted by Gasteiger charge is 2.15. The first-order chi connectivity index (χ1) is 19.9. The Morgan fingerprint density at radius 1 is 1.20 bits per heavy atom. The van der Waals surface area contributed by atoms with Crippen LogP contribution >= 0.6 is 0 Å². The molecule has 0 aliphatic carbocycles. The second-order valence-electron chi connectivity index (χ2n) is 8.99. The van der Waals surface area contributed by atoms with Gasteiger partial charge >= 0.3 is 0 Å². The van der Waals surface area contributed by atoms with E-state index in [1.165, 1.54) is 18.5 Å². The number of aromatic nitrogens is 4. The van der Waals surface area contributed by atoms with Gasteiger partial charge in [0, 0.05) is 42.8 Å². The van der Waals surface area contributed by atoms with Crippen LogP contribution in [0.1, 0.15) is 12.1 Å². The minimum absolute atomic E-state index is 0.0793. The van der Waals surface area contributed by atoms with Crippen LogP contribution in [0.5, 0.6) is 11.5 Å². The smallest absolute Gasteiger partial charge is 0.230 e. The summed E-state index contributed by atoms with van der Waals surface area (Å²) < 4.78 is 38.8. The number of ether oxygens (including phenoxy) is 2. The van der Waals surface area contributed by atoms with Crippen LogP contribution in [0.15, 0.2) is 55.4 Å². The molecule has 4 rings (SSSR count). The van der Waals surface area contributed by atoms with Crippen molar-refractivity contribution in [1.29, 1.82) is 0 Å². The summed E-state index contributed by atoms with van der Waals surface area (Å²) in [5, 5.41) is 22.2. The van der Waals surface area contributed by atoms with Crippen molar-refractivity contribution in [1.82, 2.24) is 25.1 Å². The number of aliphatic hydroxyl groups is 1. The highest BCUT2D eigenvalue weighted by Crippen LogP contribution is 2.34. The Morgan fingerprint density at radius 3 is 2.83 bits per heavy atom. The topological polar surface area (TPSA) is 138 Å². The Hall–Kier alpha value is -4.62. The lowest BCUT2D eigenvalue weighted by atomic mass is 10.2. The average Bonchev–Trinajstić information content (AvgIpc) is 3.39. The Labute approximate surface area is 235 Å². The van der Waals surface area contributed by atoms with Gasteiger partial charge in [-0.05, 0) is 24.6 Å². The maximum Gasteiger partial charge on any atom is 0.230 e. The molecule has 0 aliphatic rings. The summed E-state index contributed by atoms with van der Waals surface area (Å²) in [5.41, 5.74) is 0.812. The molecule has 0 saturated carbocycles. The van der Waals surface area contributed by atoms with Crippen LogP contribution in [0.2, 0.25) is 0 Å². The number of rotatable bonds is 15. The first kappa shape index (κ1) is 29.4. The molecule has 2 aromatic carbocycles. The van der Waals surface area contributed by atoms with Gasteiger partial charge in [0.05, 0.1) is 37.9 Å². The number of aliphatic hydroxyl groups excluding tert-OH is 1. The predicted molar refractivity (Wildman–Crippen MR) is 150 cm³/mol. The Balaban J connectivity index is 1.41. The lowest BCUT2D eigenvalue weighted by Gasteiger charge is -2.19. The van der Waals surface area contributed by atoms with E-state index in [0.717, 1.165) is 19.0 Å². The van der Waals surface area contributed by atoms with Crippen molar-refractivity contribution in [2.24, 2.45) is 0 Å². The van der Waals surface area contributed by atoms with Gasteiger partial charge in [0.25, 0.3) is 0 Å². The monoisotopic (exact) mass is 567 g/mol. The number of H-pyrrole nitrogens is 1. The van der Waals surface area contributed by atoms with E-state index < -0.39 is 17.5 Å². The van der Waals surface area contributed by atoms with Crippen LogP contribution in [-0.4, -0.2) is 76.0 Å². The molecule has 1 amide bonds. The zero-order valence-electron chi connectivity index (χ0n) is 22.5. The molecule has 4 aromatic rings. The molecule has 0 saturated heterocycles. The minimum atomic E-state index is -1.12. The van der Waals surface area contributed by atoms with E-state index in [4.69, 9.17) is 9.47 Å². The number of nitrogens with one attached hydrogen (secondary N) is 3. The molecule has 41 heavy (non-hydrogen) atoms. The zero-order chi connectivity index (χ0) is 29.2. The fourth-order valence-corrected chi connectivity index (χ4v) is 4.13. The summed E-state index contributed by atoms with van der Waals surface area (Å²) in [7, 11) is 1.54. The van der Waals surface area contributed by atoms with E-state index in [9.17, 15) is 18.7 Å². The van der Waals surface area contributed by atoms with Gasteiger partial charge in [0.1, 0.15) is 12.1 Å². The molecule has 0 aliphatic heterocycles. The van der Waals surface area contributed by atoms with Gasteiger partial charge in [0.2, 0.25) is 5.91 Å².